The maximum atomic E-state index is 12.7. The highest BCUT2D eigenvalue weighted by Gasteiger charge is 2.33. The van der Waals surface area contributed by atoms with Crippen molar-refractivity contribution in [1.82, 2.24) is 25.3 Å². The third kappa shape index (κ3) is 4.47. The molecule has 7 nitrogen and oxygen atoms in total. The van der Waals surface area contributed by atoms with E-state index >= 15 is 0 Å². The predicted octanol–water partition coefficient (Wildman–Crippen LogP) is 3.41. The van der Waals surface area contributed by atoms with Crippen molar-refractivity contribution in [3.05, 3.63) is 107 Å². The van der Waals surface area contributed by atoms with Gasteiger partial charge in [-0.2, -0.15) is 0 Å². The van der Waals surface area contributed by atoms with Gasteiger partial charge in [0.1, 0.15) is 18.1 Å². The Kier molecular flexibility index (Phi) is 6.17. The van der Waals surface area contributed by atoms with Crippen LogP contribution in [0.1, 0.15) is 11.1 Å². The quantitative estimate of drug-likeness (QED) is 0.655. The number of benzene rings is 2. The van der Waals surface area contributed by atoms with Gasteiger partial charge in [0, 0.05) is 43.9 Å². The normalized spacial score (nSPS) is 21.4. The molecule has 1 saturated heterocycles. The van der Waals surface area contributed by atoms with E-state index in [1.54, 1.807) is 0 Å². The monoisotopic (exact) mass is 501 g/mol. The second-order valence-corrected chi connectivity index (χ2v) is 9.66. The molecule has 4 aliphatic rings. The van der Waals surface area contributed by atoms with Crippen LogP contribution < -0.4 is 10.6 Å². The molecule has 184 valence electrons. The third-order valence-electron chi connectivity index (χ3n) is 6.98. The van der Waals surface area contributed by atoms with Crippen molar-refractivity contribution in [2.75, 3.05) is 39.5 Å². The number of carbonyl (C=O) groups excluding carboxylic acids is 1. The number of piperazine rings is 1. The first-order valence-electron chi connectivity index (χ1n) is 12.2. The number of allylic oxidation sites excluding steroid dienone is 2. The zero-order valence-corrected chi connectivity index (χ0v) is 20.6. The maximum absolute atomic E-state index is 12.7. The summed E-state index contributed by atoms with van der Waals surface area (Å²) in [6, 6.07) is 18.4. The van der Waals surface area contributed by atoms with E-state index in [1.165, 1.54) is 23.1 Å². The number of halogens is 1. The van der Waals surface area contributed by atoms with Gasteiger partial charge in [0.25, 0.3) is 5.91 Å². The van der Waals surface area contributed by atoms with Crippen LogP contribution >= 0.6 is 11.6 Å². The lowest BCUT2D eigenvalue weighted by molar-refractivity contribution is -0.129. The van der Waals surface area contributed by atoms with E-state index < -0.39 is 0 Å². The number of ether oxygens (including phenoxy) is 1. The highest BCUT2D eigenvalue weighted by atomic mass is 35.5. The first kappa shape index (κ1) is 22.8. The molecule has 4 heterocycles. The zero-order valence-electron chi connectivity index (χ0n) is 19.9. The largest absolute Gasteiger partial charge is 0.479 e. The summed E-state index contributed by atoms with van der Waals surface area (Å²) in [5.41, 5.74) is 6.35. The van der Waals surface area contributed by atoms with Gasteiger partial charge in [-0.05, 0) is 34.9 Å². The number of nitrogens with one attached hydrogen (secondary N) is 2. The molecular formula is C28H28ClN5O2. The molecular weight excluding hydrogens is 474 g/mol. The predicted molar refractivity (Wildman–Crippen MR) is 141 cm³/mol. The summed E-state index contributed by atoms with van der Waals surface area (Å²) in [6.45, 7) is 4.12. The van der Waals surface area contributed by atoms with E-state index in [0.29, 0.717) is 25.5 Å². The molecule has 0 aromatic heterocycles. The lowest BCUT2D eigenvalue weighted by atomic mass is 10.0. The molecule has 2 aromatic carbocycles. The highest BCUT2D eigenvalue weighted by molar-refractivity contribution is 6.30. The second kappa shape index (κ2) is 9.76. The van der Waals surface area contributed by atoms with Gasteiger partial charge in [0.15, 0.2) is 6.73 Å². The fraction of sp³-hybridized carbons (Fsp3) is 0.250. The van der Waals surface area contributed by atoms with Crippen molar-refractivity contribution in [2.45, 2.75) is 6.17 Å². The number of amides is 1. The molecule has 2 aromatic rings. The van der Waals surface area contributed by atoms with Gasteiger partial charge in [-0.3, -0.25) is 9.69 Å². The molecule has 2 N–H and O–H groups in total. The van der Waals surface area contributed by atoms with Crippen molar-refractivity contribution in [3.8, 4) is 0 Å². The van der Waals surface area contributed by atoms with Crippen molar-refractivity contribution in [2.24, 2.45) is 0 Å². The Morgan fingerprint density at radius 2 is 1.78 bits per heavy atom. The summed E-state index contributed by atoms with van der Waals surface area (Å²) >= 11 is 6.18. The molecule has 0 bridgehead atoms. The molecule has 1 atom stereocenters. The fourth-order valence-electron chi connectivity index (χ4n) is 5.02. The van der Waals surface area contributed by atoms with E-state index in [-0.39, 0.29) is 12.1 Å². The smallest absolute Gasteiger partial charge is 0.273 e. The van der Waals surface area contributed by atoms with Crippen LogP contribution in [0.4, 0.5) is 0 Å². The van der Waals surface area contributed by atoms with Gasteiger partial charge in [-0.15, -0.1) is 0 Å². The van der Waals surface area contributed by atoms with Crippen molar-refractivity contribution in [3.63, 3.8) is 0 Å². The van der Waals surface area contributed by atoms with Crippen LogP contribution in [-0.4, -0.2) is 66.2 Å². The molecule has 0 spiro atoms. The Hall–Kier alpha value is -3.68. The molecule has 0 saturated carbocycles. The molecule has 0 aliphatic carbocycles. The summed E-state index contributed by atoms with van der Waals surface area (Å²) < 4.78 is 5.16. The summed E-state index contributed by atoms with van der Waals surface area (Å²) in [4.78, 5) is 19.4. The van der Waals surface area contributed by atoms with Crippen LogP contribution in [0, 0.1) is 0 Å². The standard InChI is InChI=1S/C28H28ClN5O2/c29-23-9-6-21(7-10-23)27-25(17-32-12-14-33(15-13-32)28(35)24-18-36-19-30-24)34-16-22(8-11-26(34)31-27)20-4-2-1-3-5-20/h1-11,16,18,26,30-31H,12-15,17,19H2. The lowest BCUT2D eigenvalue weighted by Gasteiger charge is -2.36. The number of rotatable bonds is 5. The highest BCUT2D eigenvalue weighted by Crippen LogP contribution is 2.34. The number of nitrogens with zero attached hydrogens (tertiary/aromatic N) is 3. The first-order valence-corrected chi connectivity index (χ1v) is 12.6. The summed E-state index contributed by atoms with van der Waals surface area (Å²) in [7, 11) is 0. The Morgan fingerprint density at radius 3 is 2.50 bits per heavy atom. The minimum atomic E-state index is 0.00687. The summed E-state index contributed by atoms with van der Waals surface area (Å²) in [5, 5.41) is 7.43. The van der Waals surface area contributed by atoms with E-state index in [0.717, 1.165) is 35.9 Å². The van der Waals surface area contributed by atoms with Gasteiger partial charge in [0.05, 0.1) is 11.4 Å². The Balaban J connectivity index is 1.25. The Morgan fingerprint density at radius 1 is 1.00 bits per heavy atom. The van der Waals surface area contributed by atoms with E-state index in [9.17, 15) is 4.79 Å². The van der Waals surface area contributed by atoms with E-state index in [1.807, 2.05) is 23.1 Å². The van der Waals surface area contributed by atoms with E-state index in [2.05, 4.69) is 75.2 Å². The SMILES string of the molecule is O=C(C1=COCN1)N1CCN(CC2=C(c3ccc(Cl)cc3)NC3C=CC(c4ccccc4)=CN23)CC1. The van der Waals surface area contributed by atoms with Crippen molar-refractivity contribution in [1.29, 1.82) is 0 Å². The molecule has 36 heavy (non-hydrogen) atoms. The number of fused-ring (bicyclic) bond motifs is 1. The van der Waals surface area contributed by atoms with Gasteiger partial charge >= 0.3 is 0 Å². The van der Waals surface area contributed by atoms with Crippen molar-refractivity contribution < 1.29 is 9.53 Å². The number of hydrogen-bond donors (Lipinski definition) is 2. The number of carbonyl (C=O) groups is 1. The van der Waals surface area contributed by atoms with Crippen LogP contribution in [0.3, 0.4) is 0 Å². The minimum Gasteiger partial charge on any atom is -0.479 e. The van der Waals surface area contributed by atoms with Crippen LogP contribution in [0.5, 0.6) is 0 Å². The molecule has 1 amide bonds. The molecule has 0 radical (unpaired) electrons. The molecule has 4 aliphatic heterocycles. The lowest BCUT2D eigenvalue weighted by Crippen LogP contribution is -2.50. The van der Waals surface area contributed by atoms with Crippen molar-refractivity contribution >= 4 is 28.8 Å². The Bertz CT molecular complexity index is 1260. The average Bonchev–Trinajstić information content (AvgIpc) is 3.58. The average molecular weight is 502 g/mol. The molecule has 6 rings (SSSR count). The maximum Gasteiger partial charge on any atom is 0.273 e. The molecule has 1 fully saturated rings. The van der Waals surface area contributed by atoms with E-state index in [4.69, 9.17) is 16.3 Å². The van der Waals surface area contributed by atoms with Crippen LogP contribution in [0.2, 0.25) is 5.02 Å². The van der Waals surface area contributed by atoms with Crippen LogP contribution in [0.15, 0.2) is 90.6 Å². The second-order valence-electron chi connectivity index (χ2n) is 9.22. The van der Waals surface area contributed by atoms with Gasteiger partial charge in [-0.1, -0.05) is 60.1 Å². The van der Waals surface area contributed by atoms with Gasteiger partial charge in [-0.25, -0.2) is 0 Å². The van der Waals surface area contributed by atoms with Gasteiger partial charge in [0.2, 0.25) is 0 Å². The van der Waals surface area contributed by atoms with Crippen LogP contribution in [0.25, 0.3) is 11.3 Å². The Labute approximate surface area is 216 Å². The summed E-state index contributed by atoms with van der Waals surface area (Å²) in [6.07, 6.45) is 8.21. The minimum absolute atomic E-state index is 0.00687. The number of hydrogen-bond acceptors (Lipinski definition) is 6. The van der Waals surface area contributed by atoms with Gasteiger partial charge < -0.3 is 25.2 Å². The topological polar surface area (TPSA) is 60.1 Å². The molecule has 8 heteroatoms. The fourth-order valence-corrected chi connectivity index (χ4v) is 5.14. The third-order valence-corrected chi connectivity index (χ3v) is 7.23. The molecule has 1 unspecified atom stereocenters. The zero-order chi connectivity index (χ0) is 24.5. The van der Waals surface area contributed by atoms with Crippen LogP contribution in [-0.2, 0) is 9.53 Å². The first-order chi connectivity index (χ1) is 17.7. The summed E-state index contributed by atoms with van der Waals surface area (Å²) in [5.74, 6) is 0.00687.